The second kappa shape index (κ2) is 9.30. The summed E-state index contributed by atoms with van der Waals surface area (Å²) in [5.74, 6) is 1.88. The second-order valence-corrected chi connectivity index (χ2v) is 8.71. The van der Waals surface area contributed by atoms with Crippen LogP contribution in [0.1, 0.15) is 22.5 Å². The van der Waals surface area contributed by atoms with E-state index in [1.54, 1.807) is 11.8 Å². The Morgan fingerprint density at radius 3 is 2.43 bits per heavy atom. The third-order valence-corrected chi connectivity index (χ3v) is 6.33. The molecular weight excluding hydrogens is 388 g/mol. The van der Waals surface area contributed by atoms with E-state index in [1.807, 2.05) is 37.6 Å². The summed E-state index contributed by atoms with van der Waals surface area (Å²) in [6, 6.07) is 14.4. The molecule has 0 saturated heterocycles. The molecule has 0 radical (unpaired) electrons. The number of hydrogen-bond acceptors (Lipinski definition) is 5. The Labute approximate surface area is 174 Å². The number of benzene rings is 2. The number of carbonyl (C=O) groups excluding carboxylic acids is 1. The van der Waals surface area contributed by atoms with Crippen molar-refractivity contribution >= 4 is 35.1 Å². The minimum Gasteiger partial charge on any atom is -0.325 e. The number of carbonyl (C=O) groups is 1. The Balaban J connectivity index is 1.53. The molecular formula is C21H24N4OS2. The van der Waals surface area contributed by atoms with E-state index in [2.05, 4.69) is 52.8 Å². The van der Waals surface area contributed by atoms with E-state index >= 15 is 0 Å². The average Bonchev–Trinajstić information content (AvgIpc) is 3.02. The standard InChI is InChI=1S/C21H24N4OS2/c1-14-5-8-17(9-6-14)27-12-19-23-24-21(25(19)4)28-13-20(26)22-18-10-7-15(2)11-16(18)3/h5-11H,12-13H2,1-4H3,(H,22,26). The third kappa shape index (κ3) is 5.39. The quantitative estimate of drug-likeness (QED) is 0.567. The van der Waals surface area contributed by atoms with Gasteiger partial charge in [0.1, 0.15) is 5.82 Å². The maximum Gasteiger partial charge on any atom is 0.234 e. The van der Waals surface area contributed by atoms with Crippen molar-refractivity contribution in [3.63, 3.8) is 0 Å². The van der Waals surface area contributed by atoms with Crippen LogP contribution in [0.2, 0.25) is 0 Å². The Morgan fingerprint density at radius 1 is 1.00 bits per heavy atom. The molecule has 0 aliphatic heterocycles. The summed E-state index contributed by atoms with van der Waals surface area (Å²) in [4.78, 5) is 13.5. The molecule has 1 aromatic heterocycles. The lowest BCUT2D eigenvalue weighted by molar-refractivity contribution is -0.113. The Hall–Kier alpha value is -2.25. The molecule has 1 heterocycles. The molecule has 2 aromatic carbocycles. The van der Waals surface area contributed by atoms with Crippen LogP contribution in [-0.2, 0) is 17.6 Å². The zero-order valence-electron chi connectivity index (χ0n) is 16.5. The SMILES string of the molecule is Cc1ccc(SCc2nnc(SCC(=O)Nc3ccc(C)cc3C)n2C)cc1. The largest absolute Gasteiger partial charge is 0.325 e. The lowest BCUT2D eigenvalue weighted by atomic mass is 10.1. The van der Waals surface area contributed by atoms with Gasteiger partial charge in [-0.05, 0) is 44.5 Å². The number of rotatable bonds is 7. The molecule has 3 rings (SSSR count). The van der Waals surface area contributed by atoms with Crippen molar-refractivity contribution in [3.05, 3.63) is 65.0 Å². The topological polar surface area (TPSA) is 59.8 Å². The predicted octanol–water partition coefficient (Wildman–Crippen LogP) is 4.76. The summed E-state index contributed by atoms with van der Waals surface area (Å²) in [6.45, 7) is 6.12. The van der Waals surface area contributed by atoms with Crippen LogP contribution in [-0.4, -0.2) is 26.4 Å². The first-order chi connectivity index (χ1) is 13.4. The molecule has 1 amide bonds. The smallest absolute Gasteiger partial charge is 0.234 e. The molecule has 0 aliphatic rings. The Morgan fingerprint density at radius 2 is 1.71 bits per heavy atom. The number of hydrogen-bond donors (Lipinski definition) is 1. The van der Waals surface area contributed by atoms with Gasteiger partial charge in [-0.15, -0.1) is 22.0 Å². The van der Waals surface area contributed by atoms with E-state index in [9.17, 15) is 4.79 Å². The van der Waals surface area contributed by atoms with Gasteiger partial charge in [0.25, 0.3) is 0 Å². The first kappa shape index (κ1) is 20.5. The van der Waals surface area contributed by atoms with Gasteiger partial charge in [-0.3, -0.25) is 4.79 Å². The zero-order valence-corrected chi connectivity index (χ0v) is 18.2. The number of amides is 1. The lowest BCUT2D eigenvalue weighted by Crippen LogP contribution is -2.15. The molecule has 0 aliphatic carbocycles. The van der Waals surface area contributed by atoms with Crippen molar-refractivity contribution in [3.8, 4) is 0 Å². The summed E-state index contributed by atoms with van der Waals surface area (Å²) < 4.78 is 1.95. The summed E-state index contributed by atoms with van der Waals surface area (Å²) in [6.07, 6.45) is 0. The maximum atomic E-state index is 12.3. The van der Waals surface area contributed by atoms with E-state index in [0.29, 0.717) is 5.75 Å². The molecule has 7 heteroatoms. The van der Waals surface area contributed by atoms with Gasteiger partial charge in [-0.1, -0.05) is 47.2 Å². The summed E-state index contributed by atoms with van der Waals surface area (Å²) in [7, 11) is 1.94. The van der Waals surface area contributed by atoms with E-state index in [0.717, 1.165) is 28.0 Å². The van der Waals surface area contributed by atoms with Gasteiger partial charge in [0.05, 0.1) is 11.5 Å². The number of aromatic nitrogens is 3. The third-order valence-electron chi connectivity index (χ3n) is 4.30. The highest BCUT2D eigenvalue weighted by Crippen LogP contribution is 2.24. The van der Waals surface area contributed by atoms with E-state index < -0.39 is 0 Å². The highest BCUT2D eigenvalue weighted by molar-refractivity contribution is 7.99. The molecule has 1 N–H and O–H groups in total. The first-order valence-corrected chi connectivity index (χ1v) is 11.0. The van der Waals surface area contributed by atoms with Crippen molar-refractivity contribution < 1.29 is 4.79 Å². The number of thioether (sulfide) groups is 2. The monoisotopic (exact) mass is 412 g/mol. The number of anilines is 1. The van der Waals surface area contributed by atoms with Crippen LogP contribution in [0, 0.1) is 20.8 Å². The Bertz CT molecular complexity index is 967. The highest BCUT2D eigenvalue weighted by atomic mass is 32.2. The number of nitrogens with zero attached hydrogens (tertiary/aromatic N) is 3. The van der Waals surface area contributed by atoms with Crippen LogP contribution in [0.4, 0.5) is 5.69 Å². The van der Waals surface area contributed by atoms with Gasteiger partial charge in [-0.2, -0.15) is 0 Å². The Kier molecular flexibility index (Phi) is 6.80. The normalized spacial score (nSPS) is 10.9. The molecule has 0 spiro atoms. The summed E-state index contributed by atoms with van der Waals surface area (Å²) in [5.41, 5.74) is 4.34. The fraction of sp³-hybridized carbons (Fsp3) is 0.286. The maximum absolute atomic E-state index is 12.3. The van der Waals surface area contributed by atoms with Gasteiger partial charge >= 0.3 is 0 Å². The van der Waals surface area contributed by atoms with Crippen LogP contribution in [0.25, 0.3) is 0 Å². The van der Waals surface area contributed by atoms with Gasteiger partial charge in [-0.25, -0.2) is 0 Å². The minimum atomic E-state index is -0.0458. The van der Waals surface area contributed by atoms with Crippen molar-refractivity contribution in [2.45, 2.75) is 36.6 Å². The van der Waals surface area contributed by atoms with Crippen LogP contribution in [0.15, 0.2) is 52.5 Å². The summed E-state index contributed by atoms with van der Waals surface area (Å²) in [5, 5.41) is 12.2. The first-order valence-electron chi connectivity index (χ1n) is 9.00. The van der Waals surface area contributed by atoms with Crippen LogP contribution in [0.3, 0.4) is 0 Å². The fourth-order valence-electron chi connectivity index (χ4n) is 2.65. The molecule has 28 heavy (non-hydrogen) atoms. The molecule has 0 fully saturated rings. The van der Waals surface area contributed by atoms with Crippen LogP contribution < -0.4 is 5.32 Å². The predicted molar refractivity (Wildman–Crippen MR) is 117 cm³/mol. The van der Waals surface area contributed by atoms with E-state index in [-0.39, 0.29) is 5.91 Å². The van der Waals surface area contributed by atoms with Crippen molar-refractivity contribution in [1.29, 1.82) is 0 Å². The van der Waals surface area contributed by atoms with E-state index in [1.165, 1.54) is 27.8 Å². The van der Waals surface area contributed by atoms with Crippen molar-refractivity contribution in [2.75, 3.05) is 11.1 Å². The molecule has 5 nitrogen and oxygen atoms in total. The van der Waals surface area contributed by atoms with Crippen LogP contribution >= 0.6 is 23.5 Å². The zero-order chi connectivity index (χ0) is 20.1. The van der Waals surface area contributed by atoms with E-state index in [4.69, 9.17) is 0 Å². The number of aryl methyl sites for hydroxylation is 3. The van der Waals surface area contributed by atoms with Gasteiger partial charge in [0.15, 0.2) is 5.16 Å². The van der Waals surface area contributed by atoms with Gasteiger partial charge < -0.3 is 9.88 Å². The molecule has 0 atom stereocenters. The number of nitrogens with one attached hydrogen (secondary N) is 1. The van der Waals surface area contributed by atoms with Crippen molar-refractivity contribution in [2.24, 2.45) is 7.05 Å². The van der Waals surface area contributed by atoms with Crippen molar-refractivity contribution in [1.82, 2.24) is 14.8 Å². The minimum absolute atomic E-state index is 0.0458. The highest BCUT2D eigenvalue weighted by Gasteiger charge is 2.12. The van der Waals surface area contributed by atoms with Crippen LogP contribution in [0.5, 0.6) is 0 Å². The second-order valence-electron chi connectivity index (χ2n) is 6.71. The molecule has 0 saturated carbocycles. The molecule has 0 unspecified atom stereocenters. The molecule has 0 bridgehead atoms. The average molecular weight is 413 g/mol. The van der Waals surface area contributed by atoms with Gasteiger partial charge in [0.2, 0.25) is 5.91 Å². The van der Waals surface area contributed by atoms with Gasteiger partial charge in [0, 0.05) is 17.6 Å². The molecule has 3 aromatic rings. The fourth-order valence-corrected chi connectivity index (χ4v) is 4.25. The lowest BCUT2D eigenvalue weighted by Gasteiger charge is -2.09. The summed E-state index contributed by atoms with van der Waals surface area (Å²) >= 11 is 3.12. The molecule has 146 valence electrons.